The van der Waals surface area contributed by atoms with Crippen LogP contribution in [0, 0.1) is 6.92 Å². The van der Waals surface area contributed by atoms with E-state index in [2.05, 4.69) is 15.2 Å². The molecule has 6 heteroatoms. The van der Waals surface area contributed by atoms with Crippen LogP contribution in [0.25, 0.3) is 11.1 Å². The Balaban J connectivity index is 1.47. The van der Waals surface area contributed by atoms with Crippen LogP contribution in [0.1, 0.15) is 34.5 Å². The molecular formula is C21H22N4O2. The molecule has 4 rings (SSSR count). The van der Waals surface area contributed by atoms with Crippen LogP contribution >= 0.6 is 0 Å². The van der Waals surface area contributed by atoms with Gasteiger partial charge in [-0.05, 0) is 49.1 Å². The smallest absolute Gasteiger partial charge is 0.253 e. The first kappa shape index (κ1) is 17.4. The number of aryl methyl sites for hydroxylation is 1. The maximum Gasteiger partial charge on any atom is 0.253 e. The number of aromatic nitrogens is 3. The molecule has 0 atom stereocenters. The van der Waals surface area contributed by atoms with Crippen molar-refractivity contribution < 1.29 is 9.90 Å². The lowest BCUT2D eigenvalue weighted by atomic mass is 9.87. The summed E-state index contributed by atoms with van der Waals surface area (Å²) in [6, 6.07) is 11.4. The number of nitrogens with one attached hydrogen (secondary N) is 1. The Morgan fingerprint density at radius 1 is 1.15 bits per heavy atom. The minimum atomic E-state index is -0.969. The van der Waals surface area contributed by atoms with Crippen molar-refractivity contribution >= 4 is 5.91 Å². The minimum Gasteiger partial charge on any atom is -0.383 e. The molecule has 2 N–H and O–H groups in total. The predicted molar refractivity (Wildman–Crippen MR) is 102 cm³/mol. The van der Waals surface area contributed by atoms with Gasteiger partial charge in [-0.25, -0.2) is 0 Å². The summed E-state index contributed by atoms with van der Waals surface area (Å²) in [4.78, 5) is 19.1. The standard InChI is InChI=1S/C21H22N4O2/c1-15-5-6-19(22-12-15)21(27)7-9-25(10-8-21)20(26)17-4-2-3-16(11-17)18-13-23-24-14-18/h2-6,11-14,27H,7-10H2,1H3,(H,23,24). The van der Waals surface area contributed by atoms with Gasteiger partial charge in [-0.1, -0.05) is 18.2 Å². The Labute approximate surface area is 157 Å². The Hall–Kier alpha value is -2.99. The quantitative estimate of drug-likeness (QED) is 0.751. The topological polar surface area (TPSA) is 82.1 Å². The van der Waals surface area contributed by atoms with E-state index < -0.39 is 5.60 Å². The van der Waals surface area contributed by atoms with Crippen LogP contribution in [0.15, 0.2) is 55.0 Å². The van der Waals surface area contributed by atoms with E-state index in [1.54, 1.807) is 23.5 Å². The molecule has 1 aromatic carbocycles. The number of benzene rings is 1. The highest BCUT2D eigenvalue weighted by molar-refractivity contribution is 5.95. The first-order valence-corrected chi connectivity index (χ1v) is 9.09. The highest BCUT2D eigenvalue weighted by atomic mass is 16.3. The molecule has 1 aliphatic heterocycles. The highest BCUT2D eigenvalue weighted by Crippen LogP contribution is 2.32. The number of carbonyl (C=O) groups is 1. The van der Waals surface area contributed by atoms with Crippen LogP contribution in [0.4, 0.5) is 0 Å². The fraction of sp³-hybridized carbons (Fsp3) is 0.286. The Kier molecular flexibility index (Phi) is 4.49. The molecule has 1 aliphatic rings. The third kappa shape index (κ3) is 3.48. The van der Waals surface area contributed by atoms with Crippen LogP contribution in [0.2, 0.25) is 0 Å². The summed E-state index contributed by atoms with van der Waals surface area (Å²) in [6.45, 7) is 2.97. The zero-order valence-electron chi connectivity index (χ0n) is 15.2. The first-order valence-electron chi connectivity index (χ1n) is 9.09. The lowest BCUT2D eigenvalue weighted by Gasteiger charge is -2.38. The van der Waals surface area contributed by atoms with Crippen LogP contribution in [-0.2, 0) is 5.60 Å². The molecule has 138 valence electrons. The average Bonchev–Trinajstić information content (AvgIpc) is 3.23. The third-order valence-corrected chi connectivity index (χ3v) is 5.21. The molecule has 0 spiro atoms. The van der Waals surface area contributed by atoms with Crippen molar-refractivity contribution in [1.29, 1.82) is 0 Å². The van der Waals surface area contributed by atoms with Gasteiger partial charge in [0.25, 0.3) is 5.91 Å². The Bertz CT molecular complexity index is 927. The number of likely N-dealkylation sites (tertiary alicyclic amines) is 1. The number of aliphatic hydroxyl groups is 1. The highest BCUT2D eigenvalue weighted by Gasteiger charge is 2.36. The molecule has 1 saturated heterocycles. The summed E-state index contributed by atoms with van der Waals surface area (Å²) in [5.41, 5.74) is 3.32. The number of nitrogens with zero attached hydrogens (tertiary/aromatic N) is 3. The summed E-state index contributed by atoms with van der Waals surface area (Å²) in [7, 11) is 0. The van der Waals surface area contributed by atoms with E-state index in [-0.39, 0.29) is 5.91 Å². The SMILES string of the molecule is Cc1ccc(C2(O)CCN(C(=O)c3cccc(-c4cn[nH]c4)c3)CC2)nc1. The molecule has 3 heterocycles. The molecule has 2 aromatic heterocycles. The average molecular weight is 362 g/mol. The number of carbonyl (C=O) groups excluding carboxylic acids is 1. The van der Waals surface area contributed by atoms with Crippen molar-refractivity contribution in [3.05, 3.63) is 71.8 Å². The van der Waals surface area contributed by atoms with E-state index in [9.17, 15) is 9.90 Å². The number of aromatic amines is 1. The number of rotatable bonds is 3. The molecule has 1 fully saturated rings. The molecule has 0 saturated carbocycles. The zero-order chi connectivity index (χ0) is 18.9. The summed E-state index contributed by atoms with van der Waals surface area (Å²) < 4.78 is 0. The van der Waals surface area contributed by atoms with Crippen molar-refractivity contribution in [2.24, 2.45) is 0 Å². The van der Waals surface area contributed by atoms with Gasteiger partial charge in [0.1, 0.15) is 5.60 Å². The number of H-pyrrole nitrogens is 1. The van der Waals surface area contributed by atoms with Gasteiger partial charge >= 0.3 is 0 Å². The number of pyridine rings is 1. The lowest BCUT2D eigenvalue weighted by molar-refractivity contribution is -0.0244. The molecule has 0 bridgehead atoms. The van der Waals surface area contributed by atoms with Gasteiger partial charge in [0.2, 0.25) is 0 Å². The molecule has 27 heavy (non-hydrogen) atoms. The van der Waals surface area contributed by atoms with Crippen molar-refractivity contribution in [2.75, 3.05) is 13.1 Å². The van der Waals surface area contributed by atoms with E-state index in [1.165, 1.54) is 0 Å². The van der Waals surface area contributed by atoms with E-state index in [0.717, 1.165) is 16.7 Å². The second-order valence-corrected chi connectivity index (χ2v) is 7.11. The first-order chi connectivity index (χ1) is 13.0. The lowest BCUT2D eigenvalue weighted by Crippen LogP contribution is -2.45. The fourth-order valence-corrected chi connectivity index (χ4v) is 3.50. The molecular weight excluding hydrogens is 340 g/mol. The summed E-state index contributed by atoms with van der Waals surface area (Å²) in [5, 5.41) is 17.7. The molecule has 6 nitrogen and oxygen atoms in total. The number of hydrogen-bond donors (Lipinski definition) is 2. The summed E-state index contributed by atoms with van der Waals surface area (Å²) in [6.07, 6.45) is 6.27. The molecule has 1 amide bonds. The third-order valence-electron chi connectivity index (χ3n) is 5.21. The van der Waals surface area contributed by atoms with Crippen LogP contribution < -0.4 is 0 Å². The predicted octanol–water partition coefficient (Wildman–Crippen LogP) is 2.90. The number of hydrogen-bond acceptors (Lipinski definition) is 4. The van der Waals surface area contributed by atoms with Crippen LogP contribution in [-0.4, -0.2) is 44.2 Å². The molecule has 0 radical (unpaired) electrons. The van der Waals surface area contributed by atoms with Gasteiger partial charge in [0.05, 0.1) is 11.9 Å². The van der Waals surface area contributed by atoms with E-state index in [1.807, 2.05) is 43.3 Å². The fourth-order valence-electron chi connectivity index (χ4n) is 3.50. The zero-order valence-corrected chi connectivity index (χ0v) is 15.2. The van der Waals surface area contributed by atoms with Gasteiger partial charge in [0.15, 0.2) is 0 Å². The number of amides is 1. The Morgan fingerprint density at radius 3 is 2.63 bits per heavy atom. The van der Waals surface area contributed by atoms with Crippen molar-refractivity contribution in [1.82, 2.24) is 20.1 Å². The monoisotopic (exact) mass is 362 g/mol. The molecule has 0 unspecified atom stereocenters. The van der Waals surface area contributed by atoms with Gasteiger partial charge < -0.3 is 10.0 Å². The van der Waals surface area contributed by atoms with Gasteiger partial charge in [-0.2, -0.15) is 5.10 Å². The van der Waals surface area contributed by atoms with Crippen LogP contribution in [0.5, 0.6) is 0 Å². The Morgan fingerprint density at radius 2 is 1.96 bits per heavy atom. The van der Waals surface area contributed by atoms with E-state index in [4.69, 9.17) is 0 Å². The van der Waals surface area contributed by atoms with E-state index in [0.29, 0.717) is 37.2 Å². The summed E-state index contributed by atoms with van der Waals surface area (Å²) >= 11 is 0. The van der Waals surface area contributed by atoms with Gasteiger partial charge in [-0.3, -0.25) is 14.9 Å². The number of piperidine rings is 1. The maximum absolute atomic E-state index is 12.9. The second-order valence-electron chi connectivity index (χ2n) is 7.11. The van der Waals surface area contributed by atoms with Gasteiger partial charge in [-0.15, -0.1) is 0 Å². The van der Waals surface area contributed by atoms with Gasteiger partial charge in [0, 0.05) is 36.6 Å². The molecule has 0 aliphatic carbocycles. The summed E-state index contributed by atoms with van der Waals surface area (Å²) in [5.74, 6) is -0.0146. The molecule has 3 aromatic rings. The van der Waals surface area contributed by atoms with Crippen molar-refractivity contribution in [2.45, 2.75) is 25.4 Å². The van der Waals surface area contributed by atoms with Crippen LogP contribution in [0.3, 0.4) is 0 Å². The normalized spacial score (nSPS) is 16.3. The van der Waals surface area contributed by atoms with Crippen molar-refractivity contribution in [3.8, 4) is 11.1 Å². The second kappa shape index (κ2) is 6.96. The largest absolute Gasteiger partial charge is 0.383 e. The minimum absolute atomic E-state index is 0.0146. The van der Waals surface area contributed by atoms with E-state index >= 15 is 0 Å². The maximum atomic E-state index is 12.9. The van der Waals surface area contributed by atoms with Crippen molar-refractivity contribution in [3.63, 3.8) is 0 Å².